The maximum absolute atomic E-state index is 12.5. The number of ether oxygens (including phenoxy) is 1. The molecule has 0 radical (unpaired) electrons. The van der Waals surface area contributed by atoms with Crippen LogP contribution < -0.4 is 14.8 Å². The number of rotatable bonds is 7. The number of carbonyl (C=O) groups excluding carboxylic acids is 1. The predicted molar refractivity (Wildman–Crippen MR) is 109 cm³/mol. The number of fused-ring (bicyclic) bond motifs is 1. The van der Waals surface area contributed by atoms with Gasteiger partial charge in [-0.3, -0.25) is 4.79 Å². The normalized spacial score (nSPS) is 13.6. The number of sulfonamides is 1. The van der Waals surface area contributed by atoms with E-state index >= 15 is 0 Å². The van der Waals surface area contributed by atoms with Gasteiger partial charge in [-0.25, -0.2) is 13.1 Å². The first-order chi connectivity index (χ1) is 13.4. The van der Waals surface area contributed by atoms with Gasteiger partial charge in [0.1, 0.15) is 5.75 Å². The molecule has 28 heavy (non-hydrogen) atoms. The minimum absolute atomic E-state index is 0.0272. The first-order valence-electron chi connectivity index (χ1n) is 9.45. The van der Waals surface area contributed by atoms with E-state index in [9.17, 15) is 13.2 Å². The Morgan fingerprint density at radius 3 is 2.57 bits per heavy atom. The van der Waals surface area contributed by atoms with Gasteiger partial charge in [0.25, 0.3) is 0 Å². The molecule has 1 aliphatic rings. The van der Waals surface area contributed by atoms with Gasteiger partial charge in [-0.05, 0) is 73.6 Å². The third-order valence-electron chi connectivity index (χ3n) is 4.90. The zero-order chi connectivity index (χ0) is 20.1. The van der Waals surface area contributed by atoms with Crippen LogP contribution in [0.2, 0.25) is 0 Å². The Morgan fingerprint density at radius 1 is 1.07 bits per heavy atom. The topological polar surface area (TPSA) is 84.5 Å². The van der Waals surface area contributed by atoms with Gasteiger partial charge < -0.3 is 10.1 Å². The number of aryl methyl sites for hydroxylation is 3. The molecule has 2 N–H and O–H groups in total. The maximum Gasteiger partial charge on any atom is 0.240 e. The van der Waals surface area contributed by atoms with Crippen molar-refractivity contribution in [3.05, 3.63) is 53.1 Å². The summed E-state index contributed by atoms with van der Waals surface area (Å²) in [5, 5.41) is 2.77. The summed E-state index contributed by atoms with van der Waals surface area (Å²) in [6.45, 7) is 1.95. The summed E-state index contributed by atoms with van der Waals surface area (Å²) in [6.07, 6.45) is 4.19. The molecule has 6 nitrogen and oxygen atoms in total. The molecule has 0 unspecified atom stereocenters. The molecule has 0 spiro atoms. The number of methoxy groups -OCH3 is 1. The second-order valence-corrected chi connectivity index (χ2v) is 8.80. The molecule has 0 saturated carbocycles. The number of anilines is 1. The van der Waals surface area contributed by atoms with Crippen LogP contribution in [0.25, 0.3) is 0 Å². The summed E-state index contributed by atoms with van der Waals surface area (Å²) < 4.78 is 32.8. The molecular formula is C21H26N2O4S. The molecule has 0 bridgehead atoms. The highest BCUT2D eigenvalue weighted by atomic mass is 32.2. The molecule has 0 aliphatic heterocycles. The van der Waals surface area contributed by atoms with Crippen molar-refractivity contribution in [2.75, 3.05) is 19.0 Å². The smallest absolute Gasteiger partial charge is 0.240 e. The van der Waals surface area contributed by atoms with Crippen LogP contribution in [0.15, 0.2) is 41.3 Å². The van der Waals surface area contributed by atoms with Gasteiger partial charge >= 0.3 is 0 Å². The second kappa shape index (κ2) is 8.75. The Morgan fingerprint density at radius 2 is 1.82 bits per heavy atom. The van der Waals surface area contributed by atoms with E-state index in [0.29, 0.717) is 11.4 Å². The van der Waals surface area contributed by atoms with Crippen molar-refractivity contribution in [2.45, 2.75) is 43.9 Å². The van der Waals surface area contributed by atoms with E-state index in [0.717, 1.165) is 36.8 Å². The number of hydrogen-bond donors (Lipinski definition) is 2. The van der Waals surface area contributed by atoms with E-state index in [-0.39, 0.29) is 23.8 Å². The minimum atomic E-state index is -3.64. The van der Waals surface area contributed by atoms with E-state index < -0.39 is 10.0 Å². The Hall–Kier alpha value is -2.38. The van der Waals surface area contributed by atoms with E-state index in [1.54, 1.807) is 18.2 Å². The van der Waals surface area contributed by atoms with Gasteiger partial charge in [0.05, 0.1) is 17.7 Å². The number of amides is 1. The Kier molecular flexibility index (Phi) is 6.36. The van der Waals surface area contributed by atoms with Gasteiger partial charge in [-0.1, -0.05) is 12.1 Å². The molecule has 0 fully saturated rings. The lowest BCUT2D eigenvalue weighted by molar-refractivity contribution is -0.116. The van der Waals surface area contributed by atoms with Crippen LogP contribution in [-0.4, -0.2) is 28.0 Å². The largest absolute Gasteiger partial charge is 0.495 e. The van der Waals surface area contributed by atoms with E-state index in [1.807, 2.05) is 25.1 Å². The summed E-state index contributed by atoms with van der Waals surface area (Å²) in [7, 11) is -2.10. The number of benzene rings is 2. The SMILES string of the molecule is COc1ccc(C)cc1NC(=O)CCNS(=O)(=O)c1ccc2c(c1)CCCC2. The average molecular weight is 403 g/mol. The molecule has 1 aliphatic carbocycles. The molecule has 2 aromatic carbocycles. The van der Waals surface area contributed by atoms with Crippen molar-refractivity contribution in [3.63, 3.8) is 0 Å². The Labute approximate surface area is 166 Å². The molecule has 3 rings (SSSR count). The maximum atomic E-state index is 12.5. The van der Waals surface area contributed by atoms with Crippen molar-refractivity contribution in [2.24, 2.45) is 0 Å². The van der Waals surface area contributed by atoms with Crippen molar-refractivity contribution < 1.29 is 17.9 Å². The standard InChI is InChI=1S/C21H26N2O4S/c1-15-7-10-20(27-2)19(13-15)23-21(24)11-12-22-28(25,26)18-9-8-16-5-3-4-6-17(16)14-18/h7-10,13-14,22H,3-6,11-12H2,1-2H3,(H,23,24). The molecule has 0 saturated heterocycles. The Bertz CT molecular complexity index is 970. The summed E-state index contributed by atoms with van der Waals surface area (Å²) in [4.78, 5) is 12.5. The van der Waals surface area contributed by atoms with E-state index in [1.165, 1.54) is 12.7 Å². The van der Waals surface area contributed by atoms with Gasteiger partial charge in [-0.2, -0.15) is 0 Å². The van der Waals surface area contributed by atoms with Crippen molar-refractivity contribution in [3.8, 4) is 5.75 Å². The Balaban J connectivity index is 1.58. The lowest BCUT2D eigenvalue weighted by Gasteiger charge is -2.16. The fourth-order valence-electron chi connectivity index (χ4n) is 3.39. The van der Waals surface area contributed by atoms with Gasteiger partial charge in [-0.15, -0.1) is 0 Å². The van der Waals surface area contributed by atoms with Gasteiger partial charge in [0.2, 0.25) is 15.9 Å². The van der Waals surface area contributed by atoms with Crippen molar-refractivity contribution in [1.29, 1.82) is 0 Å². The molecule has 0 atom stereocenters. The predicted octanol–water partition coefficient (Wildman–Crippen LogP) is 3.19. The molecule has 0 heterocycles. The molecule has 1 amide bonds. The first-order valence-corrected chi connectivity index (χ1v) is 10.9. The van der Waals surface area contributed by atoms with Crippen LogP contribution in [0, 0.1) is 6.92 Å². The highest BCUT2D eigenvalue weighted by molar-refractivity contribution is 7.89. The lowest BCUT2D eigenvalue weighted by atomic mass is 9.92. The van der Waals surface area contributed by atoms with Crippen molar-refractivity contribution >= 4 is 21.6 Å². The minimum Gasteiger partial charge on any atom is -0.495 e. The van der Waals surface area contributed by atoms with Crippen LogP contribution in [-0.2, 0) is 27.7 Å². The zero-order valence-electron chi connectivity index (χ0n) is 16.2. The highest BCUT2D eigenvalue weighted by Crippen LogP contribution is 2.26. The van der Waals surface area contributed by atoms with Crippen LogP contribution >= 0.6 is 0 Å². The fourth-order valence-corrected chi connectivity index (χ4v) is 4.47. The molecule has 0 aromatic heterocycles. The highest BCUT2D eigenvalue weighted by Gasteiger charge is 2.18. The van der Waals surface area contributed by atoms with E-state index in [4.69, 9.17) is 4.74 Å². The van der Waals surface area contributed by atoms with Crippen LogP contribution in [0.4, 0.5) is 5.69 Å². The summed E-state index contributed by atoms with van der Waals surface area (Å²) >= 11 is 0. The third-order valence-corrected chi connectivity index (χ3v) is 6.36. The second-order valence-electron chi connectivity index (χ2n) is 7.04. The number of hydrogen-bond acceptors (Lipinski definition) is 4. The quantitative estimate of drug-likeness (QED) is 0.745. The van der Waals surface area contributed by atoms with E-state index in [2.05, 4.69) is 10.0 Å². The lowest BCUT2D eigenvalue weighted by Crippen LogP contribution is -2.28. The molecular weight excluding hydrogens is 376 g/mol. The van der Waals surface area contributed by atoms with Crippen molar-refractivity contribution in [1.82, 2.24) is 4.72 Å². The van der Waals surface area contributed by atoms with Gasteiger partial charge in [0, 0.05) is 13.0 Å². The molecule has 2 aromatic rings. The number of carbonyl (C=O) groups is 1. The average Bonchev–Trinajstić information content (AvgIpc) is 2.67. The summed E-state index contributed by atoms with van der Waals surface area (Å²) in [6, 6.07) is 10.8. The van der Waals surface area contributed by atoms with Crippen LogP contribution in [0.5, 0.6) is 5.75 Å². The molecule has 150 valence electrons. The summed E-state index contributed by atoms with van der Waals surface area (Å²) in [5.74, 6) is 0.283. The first kappa shape index (κ1) is 20.4. The third kappa shape index (κ3) is 4.91. The molecule has 7 heteroatoms. The van der Waals surface area contributed by atoms with Gasteiger partial charge in [0.15, 0.2) is 0 Å². The zero-order valence-corrected chi connectivity index (χ0v) is 17.1. The van der Waals surface area contributed by atoms with Crippen LogP contribution in [0.3, 0.4) is 0 Å². The van der Waals surface area contributed by atoms with Crippen LogP contribution in [0.1, 0.15) is 36.0 Å². The number of nitrogens with one attached hydrogen (secondary N) is 2. The monoisotopic (exact) mass is 402 g/mol. The fraction of sp³-hybridized carbons (Fsp3) is 0.381. The summed E-state index contributed by atoms with van der Waals surface area (Å²) in [5.41, 5.74) is 3.91.